The van der Waals surface area contributed by atoms with Gasteiger partial charge in [0.1, 0.15) is 17.1 Å². The van der Waals surface area contributed by atoms with Crippen molar-refractivity contribution >= 4 is 28.7 Å². The molecule has 4 rings (SSSR count). The highest BCUT2D eigenvalue weighted by Gasteiger charge is 2.30. The van der Waals surface area contributed by atoms with Crippen LogP contribution in [-0.4, -0.2) is 38.7 Å². The Morgan fingerprint density at radius 2 is 1.88 bits per heavy atom. The second-order valence-electron chi connectivity index (χ2n) is 7.10. The second kappa shape index (κ2) is 10.0. The van der Waals surface area contributed by atoms with Crippen LogP contribution >= 0.6 is 11.8 Å². The summed E-state index contributed by atoms with van der Waals surface area (Å²) in [5.74, 6) is 0.885. The molecule has 1 N–H and O–H groups in total. The lowest BCUT2D eigenvalue weighted by molar-refractivity contribution is -0.137. The third-order valence-corrected chi connectivity index (χ3v) is 5.79. The summed E-state index contributed by atoms with van der Waals surface area (Å²) in [5.41, 5.74) is 0.836. The second-order valence-corrected chi connectivity index (χ2v) is 8.07. The molecule has 0 bridgehead atoms. The molecule has 0 unspecified atom stereocenters. The van der Waals surface area contributed by atoms with Crippen molar-refractivity contribution < 1.29 is 22.7 Å². The van der Waals surface area contributed by atoms with Gasteiger partial charge in [-0.3, -0.25) is 4.79 Å². The van der Waals surface area contributed by atoms with E-state index in [1.807, 2.05) is 24.3 Å². The smallest absolute Gasteiger partial charge is 0.416 e. The molecule has 0 spiro atoms. The molecule has 174 valence electrons. The molecule has 34 heavy (non-hydrogen) atoms. The molecule has 1 amide bonds. The molecule has 2 heterocycles. The molecule has 4 aromatic rings. The van der Waals surface area contributed by atoms with Crippen molar-refractivity contribution in [2.24, 2.45) is 0 Å². The highest BCUT2D eigenvalue weighted by atomic mass is 32.2. The van der Waals surface area contributed by atoms with Crippen LogP contribution in [0.4, 0.5) is 13.2 Å². The SMILES string of the molecule is COc1ccc(-c2ncc3c(SCC(=O)NCc4cccc(C(F)(F)F)c4)ncnc3n2)cc1. The average Bonchev–Trinajstić information content (AvgIpc) is 2.85. The van der Waals surface area contributed by atoms with Crippen molar-refractivity contribution in [2.75, 3.05) is 12.9 Å². The fraction of sp³-hybridized carbons (Fsp3) is 0.174. The van der Waals surface area contributed by atoms with E-state index in [2.05, 4.69) is 25.3 Å². The van der Waals surface area contributed by atoms with E-state index in [0.29, 0.717) is 27.4 Å². The van der Waals surface area contributed by atoms with Crippen molar-refractivity contribution in [1.82, 2.24) is 25.3 Å². The Bertz CT molecular complexity index is 1320. The monoisotopic (exact) mass is 485 g/mol. The normalized spacial score (nSPS) is 11.4. The molecule has 0 radical (unpaired) electrons. The zero-order valence-electron chi connectivity index (χ0n) is 17.8. The number of carbonyl (C=O) groups excluding carboxylic acids is 1. The third kappa shape index (κ3) is 5.60. The maximum Gasteiger partial charge on any atom is 0.416 e. The number of amides is 1. The molecule has 2 aromatic heterocycles. The number of nitrogens with zero attached hydrogens (tertiary/aromatic N) is 4. The molecule has 11 heteroatoms. The fourth-order valence-corrected chi connectivity index (χ4v) is 3.86. The summed E-state index contributed by atoms with van der Waals surface area (Å²) in [5, 5.41) is 3.75. The van der Waals surface area contributed by atoms with E-state index in [9.17, 15) is 18.0 Å². The van der Waals surface area contributed by atoms with E-state index in [0.717, 1.165) is 23.4 Å². The topological polar surface area (TPSA) is 89.9 Å². The number of hydrogen-bond acceptors (Lipinski definition) is 7. The number of nitrogens with one attached hydrogen (secondary N) is 1. The number of fused-ring (bicyclic) bond motifs is 1. The first kappa shape index (κ1) is 23.4. The highest BCUT2D eigenvalue weighted by molar-refractivity contribution is 8.00. The Morgan fingerprint density at radius 1 is 1.09 bits per heavy atom. The number of alkyl halides is 3. The van der Waals surface area contributed by atoms with Crippen LogP contribution in [0, 0.1) is 0 Å². The molecule has 0 atom stereocenters. The first-order valence-corrected chi connectivity index (χ1v) is 11.0. The predicted octanol–water partition coefficient (Wildman–Crippen LogP) is 4.52. The summed E-state index contributed by atoms with van der Waals surface area (Å²) in [4.78, 5) is 29.5. The van der Waals surface area contributed by atoms with Gasteiger partial charge in [-0.05, 0) is 42.0 Å². The zero-order valence-corrected chi connectivity index (χ0v) is 18.7. The van der Waals surface area contributed by atoms with Gasteiger partial charge in [0.2, 0.25) is 5.91 Å². The van der Waals surface area contributed by atoms with Crippen molar-refractivity contribution in [3.8, 4) is 17.1 Å². The number of thioether (sulfide) groups is 1. The third-order valence-electron chi connectivity index (χ3n) is 4.79. The Morgan fingerprint density at radius 3 is 2.62 bits per heavy atom. The maximum atomic E-state index is 12.8. The number of rotatable bonds is 7. The standard InChI is InChI=1S/C23H18F3N5O2S/c1-33-17-7-5-15(6-8-17)20-28-11-18-21(31-20)29-13-30-22(18)34-12-19(32)27-10-14-3-2-4-16(9-14)23(24,25)26/h2-9,11,13H,10,12H2,1H3,(H,27,32). The summed E-state index contributed by atoms with van der Waals surface area (Å²) in [7, 11) is 1.59. The van der Waals surface area contributed by atoms with Crippen LogP contribution in [0.2, 0.25) is 0 Å². The van der Waals surface area contributed by atoms with E-state index in [1.165, 1.54) is 30.2 Å². The van der Waals surface area contributed by atoms with Crippen LogP contribution in [0.15, 0.2) is 66.1 Å². The van der Waals surface area contributed by atoms with Gasteiger partial charge in [0.25, 0.3) is 0 Å². The first-order chi connectivity index (χ1) is 16.3. The lowest BCUT2D eigenvalue weighted by atomic mass is 10.1. The van der Waals surface area contributed by atoms with Gasteiger partial charge in [-0.2, -0.15) is 13.2 Å². The molecular weight excluding hydrogens is 467 g/mol. The van der Waals surface area contributed by atoms with Gasteiger partial charge >= 0.3 is 6.18 Å². The van der Waals surface area contributed by atoms with Crippen LogP contribution in [0.5, 0.6) is 5.75 Å². The van der Waals surface area contributed by atoms with Crippen LogP contribution in [0.25, 0.3) is 22.4 Å². The van der Waals surface area contributed by atoms with Crippen molar-refractivity contribution in [1.29, 1.82) is 0 Å². The van der Waals surface area contributed by atoms with E-state index in [4.69, 9.17) is 4.74 Å². The summed E-state index contributed by atoms with van der Waals surface area (Å²) in [6.07, 6.45) is -1.47. The van der Waals surface area contributed by atoms with Gasteiger partial charge < -0.3 is 10.1 Å². The molecule has 2 aromatic carbocycles. The number of methoxy groups -OCH3 is 1. The molecular formula is C23H18F3N5O2S. The minimum atomic E-state index is -4.43. The lowest BCUT2D eigenvalue weighted by Crippen LogP contribution is -2.24. The van der Waals surface area contributed by atoms with Gasteiger partial charge in [0, 0.05) is 18.3 Å². The minimum Gasteiger partial charge on any atom is -0.497 e. The van der Waals surface area contributed by atoms with Crippen LogP contribution in [0.3, 0.4) is 0 Å². The van der Waals surface area contributed by atoms with Crippen molar-refractivity contribution in [3.05, 3.63) is 72.2 Å². The summed E-state index contributed by atoms with van der Waals surface area (Å²) in [6.45, 7) is -0.0117. The maximum absolute atomic E-state index is 12.8. The predicted molar refractivity (Wildman–Crippen MR) is 121 cm³/mol. The van der Waals surface area contributed by atoms with Gasteiger partial charge in [0.05, 0.1) is 23.8 Å². The highest BCUT2D eigenvalue weighted by Crippen LogP contribution is 2.29. The molecule has 0 saturated carbocycles. The van der Waals surface area contributed by atoms with Gasteiger partial charge in [-0.25, -0.2) is 19.9 Å². The zero-order chi connectivity index (χ0) is 24.1. The molecule has 7 nitrogen and oxygen atoms in total. The quantitative estimate of drug-likeness (QED) is 0.304. The minimum absolute atomic E-state index is 0.0117. The summed E-state index contributed by atoms with van der Waals surface area (Å²) in [6, 6.07) is 12.1. The number of hydrogen-bond donors (Lipinski definition) is 1. The summed E-state index contributed by atoms with van der Waals surface area (Å²) < 4.78 is 43.7. The molecule has 0 saturated heterocycles. The molecule has 0 aliphatic heterocycles. The number of halogens is 3. The lowest BCUT2D eigenvalue weighted by Gasteiger charge is -2.10. The average molecular weight is 485 g/mol. The Labute approximate surface area is 196 Å². The Kier molecular flexibility index (Phi) is 6.92. The van der Waals surface area contributed by atoms with Crippen LogP contribution in [0.1, 0.15) is 11.1 Å². The van der Waals surface area contributed by atoms with Gasteiger partial charge in [-0.1, -0.05) is 23.9 Å². The number of ether oxygens (including phenoxy) is 1. The molecule has 0 aliphatic carbocycles. The van der Waals surface area contributed by atoms with Crippen LogP contribution in [-0.2, 0) is 17.5 Å². The van der Waals surface area contributed by atoms with Crippen LogP contribution < -0.4 is 10.1 Å². The van der Waals surface area contributed by atoms with Gasteiger partial charge in [-0.15, -0.1) is 0 Å². The van der Waals surface area contributed by atoms with E-state index < -0.39 is 11.7 Å². The number of aromatic nitrogens is 4. The van der Waals surface area contributed by atoms with Crippen molar-refractivity contribution in [2.45, 2.75) is 17.7 Å². The summed E-state index contributed by atoms with van der Waals surface area (Å²) >= 11 is 1.17. The Balaban J connectivity index is 1.40. The molecule has 0 aliphatic rings. The number of carbonyl (C=O) groups is 1. The van der Waals surface area contributed by atoms with Gasteiger partial charge in [0.15, 0.2) is 11.5 Å². The van der Waals surface area contributed by atoms with E-state index in [1.54, 1.807) is 13.3 Å². The Hall–Kier alpha value is -3.73. The van der Waals surface area contributed by atoms with E-state index >= 15 is 0 Å². The number of benzene rings is 2. The molecule has 0 fully saturated rings. The largest absolute Gasteiger partial charge is 0.497 e. The first-order valence-electron chi connectivity index (χ1n) is 10.0. The fourth-order valence-electron chi connectivity index (χ4n) is 3.07. The van der Waals surface area contributed by atoms with Crippen molar-refractivity contribution in [3.63, 3.8) is 0 Å². The van der Waals surface area contributed by atoms with E-state index in [-0.39, 0.29) is 18.2 Å².